The van der Waals surface area contributed by atoms with Crippen LogP contribution in [0, 0.1) is 40.9 Å². The third kappa shape index (κ3) is 4.77. The van der Waals surface area contributed by atoms with E-state index in [1.54, 1.807) is 0 Å². The Balaban J connectivity index is 1.46. The van der Waals surface area contributed by atoms with Crippen molar-refractivity contribution in [2.45, 2.75) is 71.1 Å². The summed E-state index contributed by atoms with van der Waals surface area (Å²) in [5, 5.41) is 0. The Bertz CT molecular complexity index is 992. The fourth-order valence-corrected chi connectivity index (χ4v) is 5.41. The van der Waals surface area contributed by atoms with E-state index in [-0.39, 0.29) is 5.56 Å². The highest BCUT2D eigenvalue weighted by Gasteiger charge is 2.25. The molecule has 0 unspecified atom stereocenters. The van der Waals surface area contributed by atoms with Gasteiger partial charge in [0.05, 0.1) is 5.56 Å². The maximum absolute atomic E-state index is 15.2. The largest absolute Gasteiger partial charge is 0.206 e. The van der Waals surface area contributed by atoms with Gasteiger partial charge in [0.25, 0.3) is 0 Å². The third-order valence-electron chi connectivity index (χ3n) is 7.23. The van der Waals surface area contributed by atoms with Gasteiger partial charge in [-0.3, -0.25) is 0 Å². The average molecular weight is 449 g/mol. The molecule has 0 amide bonds. The van der Waals surface area contributed by atoms with E-state index in [0.717, 1.165) is 24.7 Å². The number of hydrogen-bond acceptors (Lipinski definition) is 0. The number of allylic oxidation sites excluding steroid dienone is 2. The van der Waals surface area contributed by atoms with E-state index in [1.165, 1.54) is 50.2 Å². The maximum atomic E-state index is 15.2. The molecule has 0 radical (unpaired) electrons. The van der Waals surface area contributed by atoms with Gasteiger partial charge in [-0.25, -0.2) is 22.0 Å². The Morgan fingerprint density at radius 2 is 1.41 bits per heavy atom. The zero-order valence-corrected chi connectivity index (χ0v) is 18.4. The molecule has 0 bridgehead atoms. The molecule has 4 rings (SSSR count). The van der Waals surface area contributed by atoms with Crippen LogP contribution in [0.15, 0.2) is 29.8 Å². The number of halogens is 5. The molecule has 5 heteroatoms. The zero-order valence-electron chi connectivity index (χ0n) is 18.4. The predicted octanol–water partition coefficient (Wildman–Crippen LogP) is 8.46. The molecule has 2 aromatic rings. The Kier molecular flexibility index (Phi) is 7.02. The molecule has 0 aromatic heterocycles. The van der Waals surface area contributed by atoms with Crippen molar-refractivity contribution in [2.75, 3.05) is 0 Å². The van der Waals surface area contributed by atoms with Crippen molar-refractivity contribution in [3.63, 3.8) is 0 Å². The molecule has 172 valence electrons. The lowest BCUT2D eigenvalue weighted by Crippen LogP contribution is -2.15. The van der Waals surface area contributed by atoms with Crippen LogP contribution in [0.5, 0.6) is 0 Å². The van der Waals surface area contributed by atoms with E-state index in [2.05, 4.69) is 6.92 Å². The molecular formula is C27H29F5. The molecule has 2 aliphatic rings. The van der Waals surface area contributed by atoms with Crippen molar-refractivity contribution in [2.24, 2.45) is 11.8 Å². The Labute approximate surface area is 186 Å². The lowest BCUT2D eigenvalue weighted by atomic mass is 9.77. The van der Waals surface area contributed by atoms with Gasteiger partial charge < -0.3 is 0 Å². The lowest BCUT2D eigenvalue weighted by Gasteiger charge is -2.29. The molecule has 1 fully saturated rings. The van der Waals surface area contributed by atoms with Crippen molar-refractivity contribution < 1.29 is 22.0 Å². The van der Waals surface area contributed by atoms with Crippen molar-refractivity contribution >= 4 is 0 Å². The van der Waals surface area contributed by atoms with E-state index in [9.17, 15) is 17.6 Å². The van der Waals surface area contributed by atoms with Gasteiger partial charge >= 0.3 is 0 Å². The van der Waals surface area contributed by atoms with Gasteiger partial charge in [-0.2, -0.15) is 0 Å². The maximum Gasteiger partial charge on any atom is 0.194 e. The first-order chi connectivity index (χ1) is 15.4. The van der Waals surface area contributed by atoms with Crippen LogP contribution in [0.2, 0.25) is 0 Å². The standard InChI is InChI=1S/C27H29F5/c1-2-3-16-4-6-17(7-5-16)8-9-18-10-11-21-19(12-18)13-22(28)25(26(21)31)20-14-23(29)27(32)24(30)15-20/h10,13-17H,2-9,11-12H2,1H3. The minimum Gasteiger partial charge on any atom is -0.206 e. The van der Waals surface area contributed by atoms with Crippen LogP contribution in [0.3, 0.4) is 0 Å². The molecule has 2 aliphatic carbocycles. The van der Waals surface area contributed by atoms with E-state index in [4.69, 9.17) is 0 Å². The third-order valence-corrected chi connectivity index (χ3v) is 7.23. The second-order valence-corrected chi connectivity index (χ2v) is 9.40. The van der Waals surface area contributed by atoms with E-state index in [1.807, 2.05) is 6.08 Å². The minimum absolute atomic E-state index is 0.319. The van der Waals surface area contributed by atoms with E-state index < -0.39 is 34.6 Å². The number of rotatable bonds is 6. The van der Waals surface area contributed by atoms with Crippen molar-refractivity contribution in [1.82, 2.24) is 0 Å². The fourth-order valence-electron chi connectivity index (χ4n) is 5.41. The van der Waals surface area contributed by atoms with Gasteiger partial charge in [-0.05, 0) is 72.4 Å². The molecule has 0 N–H and O–H groups in total. The van der Waals surface area contributed by atoms with Gasteiger partial charge in [0.15, 0.2) is 17.5 Å². The second-order valence-electron chi connectivity index (χ2n) is 9.40. The van der Waals surface area contributed by atoms with Crippen molar-refractivity contribution in [3.8, 4) is 11.1 Å². The highest BCUT2D eigenvalue weighted by molar-refractivity contribution is 5.67. The molecule has 0 atom stereocenters. The van der Waals surface area contributed by atoms with Crippen molar-refractivity contribution in [1.29, 1.82) is 0 Å². The summed E-state index contributed by atoms with van der Waals surface area (Å²) in [5.41, 5.74) is 1.26. The monoisotopic (exact) mass is 448 g/mol. The van der Waals surface area contributed by atoms with Crippen LogP contribution in [-0.4, -0.2) is 0 Å². The van der Waals surface area contributed by atoms with Crippen LogP contribution in [-0.2, 0) is 12.8 Å². The van der Waals surface area contributed by atoms with Crippen LogP contribution >= 0.6 is 0 Å². The molecule has 0 heterocycles. The summed E-state index contributed by atoms with van der Waals surface area (Å²) in [6, 6.07) is 2.52. The normalized spacial score (nSPS) is 20.8. The van der Waals surface area contributed by atoms with Crippen molar-refractivity contribution in [3.05, 3.63) is 70.1 Å². The highest BCUT2D eigenvalue weighted by Crippen LogP contribution is 2.38. The molecule has 0 nitrogen and oxygen atoms in total. The first-order valence-electron chi connectivity index (χ1n) is 11.7. The SMILES string of the molecule is CCCC1CCC(CCC2=CCc3c(cc(F)c(-c4cc(F)c(F)c(F)c4)c3F)C2)CC1. The molecule has 2 aromatic carbocycles. The molecule has 0 saturated heterocycles. The summed E-state index contributed by atoms with van der Waals surface area (Å²) >= 11 is 0. The Morgan fingerprint density at radius 3 is 2.03 bits per heavy atom. The van der Waals surface area contributed by atoms with Crippen LogP contribution in [0.4, 0.5) is 22.0 Å². The predicted molar refractivity (Wildman–Crippen MR) is 117 cm³/mol. The van der Waals surface area contributed by atoms with E-state index in [0.29, 0.717) is 36.1 Å². The molecule has 0 spiro atoms. The molecule has 0 aliphatic heterocycles. The summed E-state index contributed by atoms with van der Waals surface area (Å²) in [6.45, 7) is 2.24. The zero-order chi connectivity index (χ0) is 22.8. The topological polar surface area (TPSA) is 0 Å². The van der Waals surface area contributed by atoms with Gasteiger partial charge in [0.2, 0.25) is 0 Å². The van der Waals surface area contributed by atoms with Gasteiger partial charge in [-0.15, -0.1) is 0 Å². The molecule has 32 heavy (non-hydrogen) atoms. The van der Waals surface area contributed by atoms with Gasteiger partial charge in [0.1, 0.15) is 11.6 Å². The summed E-state index contributed by atoms with van der Waals surface area (Å²) < 4.78 is 70.4. The Hall–Kier alpha value is -2.17. The Morgan fingerprint density at radius 1 is 0.781 bits per heavy atom. The van der Waals surface area contributed by atoms with Gasteiger partial charge in [0, 0.05) is 0 Å². The van der Waals surface area contributed by atoms with Crippen LogP contribution in [0.1, 0.15) is 69.4 Å². The highest BCUT2D eigenvalue weighted by atomic mass is 19.2. The quantitative estimate of drug-likeness (QED) is 0.236. The number of benzene rings is 2. The summed E-state index contributed by atoms with van der Waals surface area (Å²) in [7, 11) is 0. The lowest BCUT2D eigenvalue weighted by molar-refractivity contribution is 0.252. The fraction of sp³-hybridized carbons (Fsp3) is 0.481. The summed E-state index contributed by atoms with van der Waals surface area (Å²) in [4.78, 5) is 0. The minimum atomic E-state index is -1.65. The average Bonchev–Trinajstić information content (AvgIpc) is 2.77. The van der Waals surface area contributed by atoms with Crippen LogP contribution in [0.25, 0.3) is 11.1 Å². The first-order valence-corrected chi connectivity index (χ1v) is 11.7. The van der Waals surface area contributed by atoms with E-state index >= 15 is 4.39 Å². The summed E-state index contributed by atoms with van der Waals surface area (Å²) in [5.74, 6) is -4.70. The smallest absolute Gasteiger partial charge is 0.194 e. The molecular weight excluding hydrogens is 419 g/mol. The molecule has 1 saturated carbocycles. The summed E-state index contributed by atoms with van der Waals surface area (Å²) in [6.07, 6.45) is 12.6. The second kappa shape index (κ2) is 9.76. The van der Waals surface area contributed by atoms with Crippen LogP contribution < -0.4 is 0 Å². The number of hydrogen-bond donors (Lipinski definition) is 0. The van der Waals surface area contributed by atoms with Gasteiger partial charge in [-0.1, -0.05) is 57.1 Å². The number of fused-ring (bicyclic) bond motifs is 1. The first kappa shape index (κ1) is 23.0.